The molecule has 0 unspecified atom stereocenters. The van der Waals surface area contributed by atoms with E-state index in [0.29, 0.717) is 0 Å². The zero-order valence-corrected chi connectivity index (χ0v) is 9.33. The number of rotatable bonds is 4. The van der Waals surface area contributed by atoms with Crippen molar-refractivity contribution in [1.82, 2.24) is 0 Å². The van der Waals surface area contributed by atoms with E-state index in [-0.39, 0.29) is 0 Å². The van der Waals surface area contributed by atoms with Gasteiger partial charge >= 0.3 is 9.28 Å². The highest BCUT2D eigenvalue weighted by Crippen LogP contribution is 2.09. The topological polar surface area (TPSA) is 18.5 Å². The lowest BCUT2D eigenvalue weighted by molar-refractivity contribution is 0.277. The Labute approximate surface area is 81.3 Å². The van der Waals surface area contributed by atoms with Crippen LogP contribution >= 0.6 is 0 Å². The van der Waals surface area contributed by atoms with Crippen LogP contribution in [0.1, 0.15) is 11.1 Å². The highest BCUT2D eigenvalue weighted by Gasteiger charge is 2.13. The monoisotopic (exact) mass is 195 g/mol. The van der Waals surface area contributed by atoms with Crippen LogP contribution in [0, 0.1) is 6.92 Å². The van der Waals surface area contributed by atoms with Crippen LogP contribution in [0.15, 0.2) is 24.3 Å². The first-order valence-corrected chi connectivity index (χ1v) is 5.78. The SMILES string of the molecule is CO[Si](Cc1ccccc1C)OC. The van der Waals surface area contributed by atoms with E-state index in [1.807, 2.05) is 12.1 Å². The standard InChI is InChI=1S/C10H15O2Si/c1-9-6-4-5-7-10(9)8-13(11-2)12-3/h4-7H,8H2,1-3H3. The van der Waals surface area contributed by atoms with E-state index < -0.39 is 9.28 Å². The van der Waals surface area contributed by atoms with Gasteiger partial charge in [0.05, 0.1) is 0 Å². The van der Waals surface area contributed by atoms with E-state index in [0.717, 1.165) is 6.04 Å². The van der Waals surface area contributed by atoms with Gasteiger partial charge < -0.3 is 8.85 Å². The summed E-state index contributed by atoms with van der Waals surface area (Å²) in [6.45, 7) is 2.11. The molecule has 3 heteroatoms. The van der Waals surface area contributed by atoms with Gasteiger partial charge in [-0.3, -0.25) is 0 Å². The van der Waals surface area contributed by atoms with E-state index in [4.69, 9.17) is 8.85 Å². The summed E-state index contributed by atoms with van der Waals surface area (Å²) in [4.78, 5) is 0. The van der Waals surface area contributed by atoms with Crippen molar-refractivity contribution in [3.63, 3.8) is 0 Å². The molecule has 0 N–H and O–H groups in total. The van der Waals surface area contributed by atoms with Gasteiger partial charge in [0.1, 0.15) is 0 Å². The molecule has 13 heavy (non-hydrogen) atoms. The normalized spacial score (nSPS) is 10.8. The fraction of sp³-hybridized carbons (Fsp3) is 0.400. The molecule has 71 valence electrons. The Hall–Kier alpha value is -0.643. The number of hydrogen-bond acceptors (Lipinski definition) is 2. The van der Waals surface area contributed by atoms with Gasteiger partial charge in [-0.2, -0.15) is 0 Å². The van der Waals surface area contributed by atoms with Crippen LogP contribution in [0.25, 0.3) is 0 Å². The first-order chi connectivity index (χ1) is 6.27. The molecule has 0 atom stereocenters. The Morgan fingerprint density at radius 1 is 1.15 bits per heavy atom. The van der Waals surface area contributed by atoms with Crippen LogP contribution in [-0.4, -0.2) is 23.5 Å². The summed E-state index contributed by atoms with van der Waals surface area (Å²) < 4.78 is 10.5. The van der Waals surface area contributed by atoms with Crippen LogP contribution in [0.2, 0.25) is 0 Å². The van der Waals surface area contributed by atoms with E-state index in [9.17, 15) is 0 Å². The third kappa shape index (κ3) is 2.95. The third-order valence-electron chi connectivity index (χ3n) is 2.05. The number of aryl methyl sites for hydroxylation is 1. The van der Waals surface area contributed by atoms with Crippen molar-refractivity contribution in [2.45, 2.75) is 13.0 Å². The smallest absolute Gasteiger partial charge is 0.388 e. The number of hydrogen-bond donors (Lipinski definition) is 0. The van der Waals surface area contributed by atoms with Crippen LogP contribution in [-0.2, 0) is 14.9 Å². The molecule has 0 aromatic heterocycles. The molecule has 1 rings (SSSR count). The minimum absolute atomic E-state index is 0.907. The lowest BCUT2D eigenvalue weighted by atomic mass is 10.1. The highest BCUT2D eigenvalue weighted by molar-refractivity contribution is 6.43. The second-order valence-corrected chi connectivity index (χ2v) is 4.80. The summed E-state index contributed by atoms with van der Waals surface area (Å²) in [5, 5.41) is 0. The maximum absolute atomic E-state index is 5.24. The predicted molar refractivity (Wildman–Crippen MR) is 54.7 cm³/mol. The predicted octanol–water partition coefficient (Wildman–Crippen LogP) is 1.86. The zero-order valence-electron chi connectivity index (χ0n) is 8.33. The third-order valence-corrected chi connectivity index (χ3v) is 3.63. The maximum atomic E-state index is 5.24. The molecular formula is C10H15O2Si. The average molecular weight is 195 g/mol. The molecule has 1 aromatic carbocycles. The van der Waals surface area contributed by atoms with Gasteiger partial charge in [-0.1, -0.05) is 24.3 Å². The summed E-state index contributed by atoms with van der Waals surface area (Å²) in [6.07, 6.45) is 0. The Morgan fingerprint density at radius 3 is 2.31 bits per heavy atom. The van der Waals surface area contributed by atoms with Crippen LogP contribution in [0.4, 0.5) is 0 Å². The van der Waals surface area contributed by atoms with Gasteiger partial charge in [0.25, 0.3) is 0 Å². The van der Waals surface area contributed by atoms with E-state index in [2.05, 4.69) is 19.1 Å². The van der Waals surface area contributed by atoms with Crippen molar-refractivity contribution in [2.24, 2.45) is 0 Å². The van der Waals surface area contributed by atoms with Gasteiger partial charge in [-0.15, -0.1) is 0 Å². The van der Waals surface area contributed by atoms with Crippen LogP contribution in [0.3, 0.4) is 0 Å². The van der Waals surface area contributed by atoms with Gasteiger partial charge in [-0.05, 0) is 18.1 Å². The van der Waals surface area contributed by atoms with Crippen molar-refractivity contribution < 1.29 is 8.85 Å². The summed E-state index contributed by atoms with van der Waals surface area (Å²) in [5.41, 5.74) is 2.62. The molecule has 2 nitrogen and oxygen atoms in total. The maximum Gasteiger partial charge on any atom is 0.388 e. The summed E-state index contributed by atoms with van der Waals surface area (Å²) in [7, 11) is 2.31. The molecule has 0 heterocycles. The van der Waals surface area contributed by atoms with Gasteiger partial charge in [-0.25, -0.2) is 0 Å². The van der Waals surface area contributed by atoms with Crippen molar-refractivity contribution in [1.29, 1.82) is 0 Å². The summed E-state index contributed by atoms with van der Waals surface area (Å²) >= 11 is 0. The molecule has 0 aliphatic heterocycles. The Kier molecular flexibility index (Phi) is 4.15. The molecule has 0 aliphatic rings. The fourth-order valence-electron chi connectivity index (χ4n) is 1.19. The minimum atomic E-state index is -1.10. The van der Waals surface area contributed by atoms with Gasteiger partial charge in [0, 0.05) is 20.3 Å². The second kappa shape index (κ2) is 5.17. The lowest BCUT2D eigenvalue weighted by Crippen LogP contribution is -2.23. The molecule has 0 bridgehead atoms. The van der Waals surface area contributed by atoms with E-state index in [1.54, 1.807) is 14.2 Å². The van der Waals surface area contributed by atoms with Crippen LogP contribution in [0.5, 0.6) is 0 Å². The Balaban J connectivity index is 2.67. The van der Waals surface area contributed by atoms with Crippen molar-refractivity contribution in [3.8, 4) is 0 Å². The molecule has 0 spiro atoms. The molecule has 0 amide bonds. The first-order valence-electron chi connectivity index (χ1n) is 4.26. The summed E-state index contributed by atoms with van der Waals surface area (Å²) in [5.74, 6) is 0. The lowest BCUT2D eigenvalue weighted by Gasteiger charge is -2.10. The average Bonchev–Trinajstić information content (AvgIpc) is 2.17. The molecule has 0 saturated carbocycles. The fourth-order valence-corrected chi connectivity index (χ4v) is 2.35. The number of benzene rings is 1. The molecule has 1 radical (unpaired) electrons. The van der Waals surface area contributed by atoms with E-state index in [1.165, 1.54) is 11.1 Å². The molecule has 1 aromatic rings. The first kappa shape index (κ1) is 10.4. The van der Waals surface area contributed by atoms with Crippen molar-refractivity contribution >= 4 is 9.28 Å². The Bertz CT molecular complexity index is 259. The molecule has 0 saturated heterocycles. The molecule has 0 fully saturated rings. The van der Waals surface area contributed by atoms with Gasteiger partial charge in [0.2, 0.25) is 0 Å². The van der Waals surface area contributed by atoms with Crippen molar-refractivity contribution in [2.75, 3.05) is 14.2 Å². The largest absolute Gasteiger partial charge is 0.397 e. The zero-order chi connectivity index (χ0) is 9.68. The second-order valence-electron chi connectivity index (χ2n) is 2.88. The molecule has 0 aliphatic carbocycles. The van der Waals surface area contributed by atoms with E-state index >= 15 is 0 Å². The van der Waals surface area contributed by atoms with Gasteiger partial charge in [0.15, 0.2) is 0 Å². The minimum Gasteiger partial charge on any atom is -0.397 e. The molecular weight excluding hydrogens is 180 g/mol. The quantitative estimate of drug-likeness (QED) is 0.683. The summed E-state index contributed by atoms with van der Waals surface area (Å²) in [6, 6.07) is 9.24. The van der Waals surface area contributed by atoms with Crippen LogP contribution < -0.4 is 0 Å². The van der Waals surface area contributed by atoms with Crippen molar-refractivity contribution in [3.05, 3.63) is 35.4 Å². The highest BCUT2D eigenvalue weighted by atomic mass is 28.3. The Morgan fingerprint density at radius 2 is 1.77 bits per heavy atom.